The smallest absolute Gasteiger partial charge is 0.159 e. The topological polar surface area (TPSA) is 21.3 Å². The van der Waals surface area contributed by atoms with E-state index in [1.807, 2.05) is 18.2 Å². The van der Waals surface area contributed by atoms with Gasteiger partial charge in [0.05, 0.1) is 0 Å². The zero-order chi connectivity index (χ0) is 12.5. The Morgan fingerprint density at radius 1 is 1.11 bits per heavy atom. The molecule has 0 saturated carbocycles. The molecule has 3 rings (SSSR count). The molecule has 0 fully saturated rings. The number of para-hydroxylation sites is 1. The summed E-state index contributed by atoms with van der Waals surface area (Å²) in [5.41, 5.74) is 2.37. The van der Waals surface area contributed by atoms with Crippen LogP contribution < -0.4 is 8.91 Å². The number of nitrogens with one attached hydrogen (secondary N) is 1. The number of rotatable bonds is 1. The fraction of sp³-hybridized carbons (Fsp3) is 0.0769. The highest BCUT2D eigenvalue weighted by Gasteiger charge is 2.17. The van der Waals surface area contributed by atoms with Crippen molar-refractivity contribution in [3.63, 3.8) is 0 Å². The van der Waals surface area contributed by atoms with E-state index in [2.05, 4.69) is 4.72 Å². The summed E-state index contributed by atoms with van der Waals surface area (Å²) in [6.07, 6.45) is 0. The van der Waals surface area contributed by atoms with Crippen LogP contribution in [0.2, 0.25) is 0 Å². The molecule has 0 amide bonds. The summed E-state index contributed by atoms with van der Waals surface area (Å²) in [4.78, 5) is 0. The highest BCUT2D eigenvalue weighted by atomic mass is 32.2. The zero-order valence-electron chi connectivity index (χ0n) is 9.24. The fourth-order valence-corrected chi connectivity index (χ4v) is 2.45. The second-order valence-electron chi connectivity index (χ2n) is 3.91. The Morgan fingerprint density at radius 2 is 2.00 bits per heavy atom. The predicted octanol–water partition coefficient (Wildman–Crippen LogP) is 3.68. The molecule has 0 unspecified atom stereocenters. The quantitative estimate of drug-likeness (QED) is 0.628. The first-order valence-electron chi connectivity index (χ1n) is 5.39. The molecular formula is C13H9F2NOS. The van der Waals surface area contributed by atoms with Crippen LogP contribution in [0, 0.1) is 11.6 Å². The van der Waals surface area contributed by atoms with E-state index in [4.69, 9.17) is 4.18 Å². The number of benzene rings is 2. The Hall–Kier alpha value is -1.59. The van der Waals surface area contributed by atoms with E-state index >= 15 is 0 Å². The van der Waals surface area contributed by atoms with Crippen LogP contribution in [0.4, 0.5) is 8.78 Å². The Balaban J connectivity index is 2.13. The van der Waals surface area contributed by atoms with Gasteiger partial charge in [0, 0.05) is 17.7 Å². The van der Waals surface area contributed by atoms with E-state index in [1.54, 1.807) is 6.07 Å². The van der Waals surface area contributed by atoms with E-state index in [0.717, 1.165) is 29.4 Å². The lowest BCUT2D eigenvalue weighted by atomic mass is 10.0. The van der Waals surface area contributed by atoms with Crippen LogP contribution in [0.25, 0.3) is 11.1 Å². The summed E-state index contributed by atoms with van der Waals surface area (Å²) in [6.45, 7) is 0.678. The number of fused-ring (bicyclic) bond motifs is 1. The van der Waals surface area contributed by atoms with Crippen molar-refractivity contribution < 1.29 is 13.0 Å². The molecule has 0 saturated heterocycles. The molecule has 0 aromatic heterocycles. The van der Waals surface area contributed by atoms with Gasteiger partial charge in [0.2, 0.25) is 0 Å². The second-order valence-corrected chi connectivity index (χ2v) is 4.53. The third kappa shape index (κ3) is 1.95. The van der Waals surface area contributed by atoms with Crippen LogP contribution in [-0.4, -0.2) is 0 Å². The van der Waals surface area contributed by atoms with Gasteiger partial charge in [-0.25, -0.2) is 13.5 Å². The van der Waals surface area contributed by atoms with Gasteiger partial charge in [-0.1, -0.05) is 24.3 Å². The van der Waals surface area contributed by atoms with Gasteiger partial charge < -0.3 is 4.18 Å². The molecule has 0 atom stereocenters. The molecule has 92 valence electrons. The third-order valence-corrected chi connectivity index (χ3v) is 3.29. The largest absolute Gasteiger partial charge is 0.409 e. The van der Waals surface area contributed by atoms with E-state index in [9.17, 15) is 8.78 Å². The summed E-state index contributed by atoms with van der Waals surface area (Å²) in [5, 5.41) is 0. The zero-order valence-corrected chi connectivity index (χ0v) is 10.1. The molecule has 2 aromatic carbocycles. The molecule has 1 N–H and O–H groups in total. The normalized spacial score (nSPS) is 13.9. The molecule has 18 heavy (non-hydrogen) atoms. The van der Waals surface area contributed by atoms with E-state index in [1.165, 1.54) is 6.07 Å². The minimum atomic E-state index is -0.855. The van der Waals surface area contributed by atoms with E-state index < -0.39 is 11.6 Å². The van der Waals surface area contributed by atoms with Gasteiger partial charge in [0.15, 0.2) is 17.4 Å². The maximum atomic E-state index is 13.3. The first-order valence-corrected chi connectivity index (χ1v) is 6.13. The Bertz CT molecular complexity index is 604. The maximum absolute atomic E-state index is 13.3. The number of hydrogen-bond acceptors (Lipinski definition) is 3. The molecular weight excluding hydrogens is 256 g/mol. The van der Waals surface area contributed by atoms with Gasteiger partial charge in [-0.15, -0.1) is 0 Å². The minimum absolute atomic E-state index is 0.605. The van der Waals surface area contributed by atoms with Crippen LogP contribution in [0.3, 0.4) is 0 Å². The molecule has 2 nitrogen and oxygen atoms in total. The van der Waals surface area contributed by atoms with Gasteiger partial charge in [0.1, 0.15) is 12.2 Å². The van der Waals surface area contributed by atoms with Crippen molar-refractivity contribution in [2.45, 2.75) is 6.54 Å². The molecule has 2 aromatic rings. The van der Waals surface area contributed by atoms with Gasteiger partial charge in [-0.2, -0.15) is 0 Å². The van der Waals surface area contributed by atoms with E-state index in [0.29, 0.717) is 17.9 Å². The molecule has 5 heteroatoms. The summed E-state index contributed by atoms with van der Waals surface area (Å²) in [6, 6.07) is 9.49. The summed E-state index contributed by atoms with van der Waals surface area (Å²) in [5.74, 6) is -1.00. The first-order chi connectivity index (χ1) is 8.75. The number of hydrogen-bond donors (Lipinski definition) is 1. The van der Waals surface area contributed by atoms with Crippen LogP contribution in [-0.2, 0) is 6.54 Å². The first kappa shape index (κ1) is 11.5. The second kappa shape index (κ2) is 4.59. The van der Waals surface area contributed by atoms with Gasteiger partial charge >= 0.3 is 0 Å². The van der Waals surface area contributed by atoms with Crippen molar-refractivity contribution in [2.75, 3.05) is 0 Å². The monoisotopic (exact) mass is 265 g/mol. The van der Waals surface area contributed by atoms with Crippen LogP contribution in [0.5, 0.6) is 5.75 Å². The molecule has 0 aliphatic carbocycles. The summed E-state index contributed by atoms with van der Waals surface area (Å²) in [7, 11) is 0. The van der Waals surface area contributed by atoms with Crippen molar-refractivity contribution in [3.05, 3.63) is 53.6 Å². The summed E-state index contributed by atoms with van der Waals surface area (Å²) >= 11 is 1.14. The van der Waals surface area contributed by atoms with Crippen molar-refractivity contribution in [3.8, 4) is 16.9 Å². The molecule has 1 aliphatic heterocycles. The molecule has 1 heterocycles. The lowest BCUT2D eigenvalue weighted by Gasteiger charge is -2.19. The molecule has 0 spiro atoms. The van der Waals surface area contributed by atoms with Gasteiger partial charge in [-0.3, -0.25) is 0 Å². The highest BCUT2D eigenvalue weighted by molar-refractivity contribution is 7.93. The molecule has 0 bridgehead atoms. The lowest BCUT2D eigenvalue weighted by molar-refractivity contribution is 0.509. The third-order valence-electron chi connectivity index (χ3n) is 2.77. The fourth-order valence-electron chi connectivity index (χ4n) is 1.89. The molecule has 1 aliphatic rings. The Labute approximate surface area is 107 Å². The SMILES string of the molecule is Fc1ccc(-c2cccc3c2OSNC3)cc1F. The number of halogens is 2. The average Bonchev–Trinajstić information content (AvgIpc) is 2.41. The maximum Gasteiger partial charge on any atom is 0.159 e. The highest BCUT2D eigenvalue weighted by Crippen LogP contribution is 2.37. The predicted molar refractivity (Wildman–Crippen MR) is 66.9 cm³/mol. The van der Waals surface area contributed by atoms with Crippen LogP contribution in [0.1, 0.15) is 5.56 Å². The van der Waals surface area contributed by atoms with Crippen molar-refractivity contribution >= 4 is 12.2 Å². The van der Waals surface area contributed by atoms with Crippen molar-refractivity contribution in [1.82, 2.24) is 4.72 Å². The van der Waals surface area contributed by atoms with Crippen molar-refractivity contribution in [2.24, 2.45) is 0 Å². The van der Waals surface area contributed by atoms with Gasteiger partial charge in [-0.05, 0) is 17.7 Å². The van der Waals surface area contributed by atoms with Crippen molar-refractivity contribution in [1.29, 1.82) is 0 Å². The molecule has 0 radical (unpaired) electrons. The lowest BCUT2D eigenvalue weighted by Crippen LogP contribution is -2.12. The Kier molecular flexibility index (Phi) is 2.93. The van der Waals surface area contributed by atoms with E-state index in [-0.39, 0.29) is 0 Å². The Morgan fingerprint density at radius 3 is 2.83 bits per heavy atom. The van der Waals surface area contributed by atoms with Gasteiger partial charge in [0.25, 0.3) is 0 Å². The minimum Gasteiger partial charge on any atom is -0.409 e. The average molecular weight is 265 g/mol. The summed E-state index contributed by atoms with van der Waals surface area (Å²) < 4.78 is 34.7. The van der Waals surface area contributed by atoms with Crippen LogP contribution in [0.15, 0.2) is 36.4 Å². The standard InChI is InChI=1S/C13H9F2NOS/c14-11-5-4-8(6-12(11)15)10-3-1-2-9-7-16-18-17-13(9)10/h1-6,16H,7H2. The van der Waals surface area contributed by atoms with Crippen LogP contribution >= 0.6 is 12.2 Å².